The Labute approximate surface area is 221 Å². The van der Waals surface area contributed by atoms with Crippen molar-refractivity contribution >= 4 is 45.1 Å². The van der Waals surface area contributed by atoms with Gasteiger partial charge in [-0.1, -0.05) is 0 Å². The first-order chi connectivity index (χ1) is 17.8. The first-order valence-corrected chi connectivity index (χ1v) is 14.0. The SMILES string of the molecule is Cc1cc(C(=O)COC(=O)CSCc2nc3sc4c(c3c(=O)[nH]2)CCCC4)c(C)n1-c1ccc(F)cc1. The zero-order valence-corrected chi connectivity index (χ0v) is 22.2. The van der Waals surface area contributed by atoms with Crippen LogP contribution in [0.4, 0.5) is 4.39 Å². The number of aromatic nitrogens is 3. The molecule has 0 amide bonds. The third kappa shape index (κ3) is 5.26. The molecule has 5 rings (SSSR count). The van der Waals surface area contributed by atoms with E-state index in [2.05, 4.69) is 9.97 Å². The lowest BCUT2D eigenvalue weighted by molar-refractivity contribution is -0.139. The first kappa shape index (κ1) is 25.4. The molecule has 1 aliphatic rings. The van der Waals surface area contributed by atoms with E-state index >= 15 is 0 Å². The average Bonchev–Trinajstić information content (AvgIpc) is 3.40. The maximum absolute atomic E-state index is 13.3. The van der Waals surface area contributed by atoms with Crippen LogP contribution in [0.3, 0.4) is 0 Å². The molecule has 1 aliphatic carbocycles. The number of ketones is 1. The summed E-state index contributed by atoms with van der Waals surface area (Å²) < 4.78 is 20.4. The predicted molar refractivity (Wildman–Crippen MR) is 144 cm³/mol. The fraction of sp³-hybridized carbons (Fsp3) is 0.333. The number of nitrogens with one attached hydrogen (secondary N) is 1. The molecular formula is C27H26FN3O4S2. The highest BCUT2D eigenvalue weighted by atomic mass is 32.2. The van der Waals surface area contributed by atoms with Gasteiger partial charge in [0.25, 0.3) is 5.56 Å². The van der Waals surface area contributed by atoms with Crippen LogP contribution in [-0.4, -0.2) is 38.6 Å². The number of fused-ring (bicyclic) bond motifs is 3. The number of H-pyrrole nitrogens is 1. The normalized spacial score (nSPS) is 13.1. The van der Waals surface area contributed by atoms with Gasteiger partial charge < -0.3 is 14.3 Å². The minimum atomic E-state index is -0.513. The molecule has 3 heterocycles. The Morgan fingerprint density at radius 2 is 1.95 bits per heavy atom. The second kappa shape index (κ2) is 10.6. The zero-order valence-electron chi connectivity index (χ0n) is 20.6. The van der Waals surface area contributed by atoms with Crippen LogP contribution in [0.2, 0.25) is 0 Å². The van der Waals surface area contributed by atoms with Crippen LogP contribution in [0, 0.1) is 19.7 Å². The molecular weight excluding hydrogens is 513 g/mol. The second-order valence-electron chi connectivity index (χ2n) is 9.08. The predicted octanol–water partition coefficient (Wildman–Crippen LogP) is 5.07. The van der Waals surface area contributed by atoms with Gasteiger partial charge in [0.05, 0.1) is 16.9 Å². The molecule has 0 bridgehead atoms. The standard InChI is InChI=1S/C27H26FN3O4S2/c1-15-11-20(16(2)31(15)18-9-7-17(28)8-10-18)21(32)12-35-24(33)14-36-13-23-29-26(34)25-19-5-3-4-6-22(19)37-27(25)30-23/h7-11H,3-6,12-14H2,1-2H3,(H,29,30,34). The number of halogens is 1. The quantitative estimate of drug-likeness (QED) is 0.248. The molecule has 192 valence electrons. The lowest BCUT2D eigenvalue weighted by atomic mass is 9.97. The summed E-state index contributed by atoms with van der Waals surface area (Å²) in [5.41, 5.74) is 3.74. The van der Waals surface area contributed by atoms with Crippen molar-refractivity contribution in [1.82, 2.24) is 14.5 Å². The van der Waals surface area contributed by atoms with E-state index in [0.29, 0.717) is 28.2 Å². The van der Waals surface area contributed by atoms with Crippen molar-refractivity contribution in [2.45, 2.75) is 45.3 Å². The third-order valence-electron chi connectivity index (χ3n) is 6.51. The molecule has 0 unspecified atom stereocenters. The molecule has 0 aliphatic heterocycles. The van der Waals surface area contributed by atoms with Crippen molar-refractivity contribution in [3.05, 3.63) is 79.7 Å². The molecule has 3 aromatic heterocycles. The van der Waals surface area contributed by atoms with Crippen LogP contribution < -0.4 is 5.56 Å². The number of nitrogens with zero attached hydrogens (tertiary/aromatic N) is 2. The number of carbonyl (C=O) groups excluding carboxylic acids is 2. The van der Waals surface area contributed by atoms with Gasteiger partial charge in [0.1, 0.15) is 16.5 Å². The van der Waals surface area contributed by atoms with Crippen LogP contribution in [0.25, 0.3) is 15.9 Å². The molecule has 0 saturated heterocycles. The number of carbonyl (C=O) groups is 2. The summed E-state index contributed by atoms with van der Waals surface area (Å²) in [5.74, 6) is -0.239. The Kier molecular flexibility index (Phi) is 7.30. The lowest BCUT2D eigenvalue weighted by Crippen LogP contribution is -2.16. The monoisotopic (exact) mass is 539 g/mol. The number of benzene rings is 1. The van der Waals surface area contributed by atoms with Gasteiger partial charge in [-0.3, -0.25) is 14.4 Å². The van der Waals surface area contributed by atoms with Gasteiger partial charge in [-0.05, 0) is 75.4 Å². The average molecular weight is 540 g/mol. The summed E-state index contributed by atoms with van der Waals surface area (Å²) >= 11 is 2.87. The summed E-state index contributed by atoms with van der Waals surface area (Å²) in [4.78, 5) is 47.2. The van der Waals surface area contributed by atoms with Crippen molar-refractivity contribution in [2.75, 3.05) is 12.4 Å². The van der Waals surface area contributed by atoms with Crippen molar-refractivity contribution in [3.8, 4) is 5.69 Å². The van der Waals surface area contributed by atoms with E-state index < -0.39 is 5.97 Å². The Morgan fingerprint density at radius 1 is 1.19 bits per heavy atom. The summed E-state index contributed by atoms with van der Waals surface area (Å²) in [6, 6.07) is 7.77. The first-order valence-electron chi connectivity index (χ1n) is 12.1. The third-order valence-corrected chi connectivity index (χ3v) is 8.62. The number of Topliss-reactive ketones (excluding diaryl/α,β-unsaturated/α-hetero) is 1. The summed E-state index contributed by atoms with van der Waals surface area (Å²) in [6.45, 7) is 3.29. The minimum absolute atomic E-state index is 0.0323. The molecule has 0 fully saturated rings. The van der Waals surface area contributed by atoms with Crippen LogP contribution >= 0.6 is 23.1 Å². The Hall–Kier alpha value is -3.24. The fourth-order valence-corrected chi connectivity index (χ4v) is 6.77. The molecule has 0 radical (unpaired) electrons. The van der Waals surface area contributed by atoms with Gasteiger partial charge in [0.2, 0.25) is 5.78 Å². The molecule has 37 heavy (non-hydrogen) atoms. The number of aromatic amines is 1. The van der Waals surface area contributed by atoms with Crippen molar-refractivity contribution in [2.24, 2.45) is 0 Å². The number of hydrogen-bond donors (Lipinski definition) is 1. The summed E-state index contributed by atoms with van der Waals surface area (Å²) in [7, 11) is 0. The van der Waals surface area contributed by atoms with Gasteiger partial charge >= 0.3 is 5.97 Å². The van der Waals surface area contributed by atoms with Crippen LogP contribution in [0.15, 0.2) is 35.1 Å². The molecule has 0 atom stereocenters. The number of hydrogen-bond acceptors (Lipinski definition) is 7. The highest BCUT2D eigenvalue weighted by molar-refractivity contribution is 7.99. The molecule has 1 aromatic carbocycles. The number of thiophene rings is 1. The fourth-order valence-electron chi connectivity index (χ4n) is 4.81. The Morgan fingerprint density at radius 3 is 2.73 bits per heavy atom. The van der Waals surface area contributed by atoms with E-state index in [9.17, 15) is 18.8 Å². The molecule has 1 N–H and O–H groups in total. The smallest absolute Gasteiger partial charge is 0.316 e. The maximum atomic E-state index is 13.3. The van der Waals surface area contributed by atoms with Gasteiger partial charge in [-0.25, -0.2) is 9.37 Å². The Balaban J connectivity index is 1.16. The Bertz CT molecular complexity index is 1550. The maximum Gasteiger partial charge on any atom is 0.316 e. The van der Waals surface area contributed by atoms with Crippen molar-refractivity contribution in [1.29, 1.82) is 0 Å². The highest BCUT2D eigenvalue weighted by Crippen LogP contribution is 2.33. The molecule has 4 aromatic rings. The van der Waals surface area contributed by atoms with E-state index in [1.807, 2.05) is 11.5 Å². The highest BCUT2D eigenvalue weighted by Gasteiger charge is 2.21. The van der Waals surface area contributed by atoms with Crippen LogP contribution in [-0.2, 0) is 28.1 Å². The van der Waals surface area contributed by atoms with Gasteiger partial charge in [0.15, 0.2) is 6.61 Å². The minimum Gasteiger partial charge on any atom is -0.457 e. The second-order valence-corrected chi connectivity index (χ2v) is 11.1. The largest absolute Gasteiger partial charge is 0.457 e. The van der Waals surface area contributed by atoms with Crippen molar-refractivity contribution < 1.29 is 18.7 Å². The summed E-state index contributed by atoms with van der Waals surface area (Å²) in [6.07, 6.45) is 4.17. The zero-order chi connectivity index (χ0) is 26.1. The number of aryl methyl sites for hydroxylation is 3. The molecule has 10 heteroatoms. The van der Waals surface area contributed by atoms with E-state index in [1.54, 1.807) is 36.5 Å². The van der Waals surface area contributed by atoms with Gasteiger partial charge in [-0.15, -0.1) is 23.1 Å². The van der Waals surface area contributed by atoms with E-state index in [1.165, 1.54) is 28.8 Å². The number of thioether (sulfide) groups is 1. The topological polar surface area (TPSA) is 94.1 Å². The lowest BCUT2D eigenvalue weighted by Gasteiger charge is -2.10. The van der Waals surface area contributed by atoms with Crippen molar-refractivity contribution in [3.63, 3.8) is 0 Å². The molecule has 0 saturated carbocycles. The van der Waals surface area contributed by atoms with E-state index in [4.69, 9.17) is 4.74 Å². The summed E-state index contributed by atoms with van der Waals surface area (Å²) in [5, 5.41) is 0.713. The van der Waals surface area contributed by atoms with E-state index in [0.717, 1.165) is 47.5 Å². The number of esters is 1. The van der Waals surface area contributed by atoms with E-state index in [-0.39, 0.29) is 29.5 Å². The number of ether oxygens (including phenoxy) is 1. The molecule has 0 spiro atoms. The van der Waals surface area contributed by atoms with Gasteiger partial charge in [-0.2, -0.15) is 0 Å². The van der Waals surface area contributed by atoms with Crippen LogP contribution in [0.1, 0.15) is 50.9 Å². The van der Waals surface area contributed by atoms with Gasteiger partial charge in [0, 0.05) is 27.5 Å². The molecule has 7 nitrogen and oxygen atoms in total. The van der Waals surface area contributed by atoms with Crippen LogP contribution in [0.5, 0.6) is 0 Å². The number of rotatable bonds is 8.